The van der Waals surface area contributed by atoms with Gasteiger partial charge in [-0.25, -0.2) is 8.78 Å². The minimum atomic E-state index is -0.823. The number of fused-ring (bicyclic) bond motifs is 1. The number of anilines is 2. The lowest BCUT2D eigenvalue weighted by Gasteiger charge is -2.34. The van der Waals surface area contributed by atoms with Gasteiger partial charge in [0.25, 0.3) is 5.91 Å². The Kier molecular flexibility index (Phi) is 5.85. The molecule has 2 aromatic carbocycles. The molecule has 1 atom stereocenters. The number of amides is 1. The van der Waals surface area contributed by atoms with E-state index in [0.717, 1.165) is 5.56 Å². The van der Waals surface area contributed by atoms with Crippen molar-refractivity contribution in [1.82, 2.24) is 0 Å². The second-order valence-electron chi connectivity index (χ2n) is 6.04. The highest BCUT2D eigenvalue weighted by Gasteiger charge is 2.34. The topological polar surface area (TPSA) is 55.6 Å². The van der Waals surface area contributed by atoms with Crippen LogP contribution in [-0.4, -0.2) is 12.0 Å². The Balaban J connectivity index is 0.00000117. The van der Waals surface area contributed by atoms with E-state index in [1.807, 2.05) is 13.8 Å². The largest absolute Gasteiger partial charge is 0.476 e. The Morgan fingerprint density at radius 3 is 2.42 bits per heavy atom. The summed E-state index contributed by atoms with van der Waals surface area (Å²) < 4.78 is 33.3. The van der Waals surface area contributed by atoms with Crippen molar-refractivity contribution >= 4 is 17.3 Å². The van der Waals surface area contributed by atoms with Gasteiger partial charge in [0.15, 0.2) is 17.7 Å². The molecule has 0 fully saturated rings. The van der Waals surface area contributed by atoms with Crippen molar-refractivity contribution in [2.24, 2.45) is 0 Å². The van der Waals surface area contributed by atoms with Crippen LogP contribution in [0.15, 0.2) is 24.3 Å². The van der Waals surface area contributed by atoms with Gasteiger partial charge in [0.05, 0.1) is 17.9 Å². The van der Waals surface area contributed by atoms with E-state index in [1.54, 1.807) is 39.0 Å². The number of nitrogen functional groups attached to an aromatic ring is 1. The van der Waals surface area contributed by atoms with Gasteiger partial charge in [-0.05, 0) is 49.6 Å². The van der Waals surface area contributed by atoms with Crippen molar-refractivity contribution in [2.75, 3.05) is 10.6 Å². The van der Waals surface area contributed by atoms with Crippen LogP contribution >= 0.6 is 0 Å². The van der Waals surface area contributed by atoms with Crippen molar-refractivity contribution in [1.29, 1.82) is 0 Å². The Bertz CT molecular complexity index is 837. The average molecular weight is 362 g/mol. The molecule has 1 aliphatic heterocycles. The van der Waals surface area contributed by atoms with Crippen LogP contribution in [0.5, 0.6) is 5.75 Å². The SMILES string of the molecule is CC.Cc1cc(CN2C(=O)C(C)Oc3c2cc(C)c(N)c3F)ccc1F. The average Bonchev–Trinajstić information content (AvgIpc) is 2.63. The number of nitrogens with zero attached hydrogens (tertiary/aromatic N) is 1. The third kappa shape index (κ3) is 3.49. The first kappa shape index (κ1) is 19.7. The summed E-state index contributed by atoms with van der Waals surface area (Å²) in [5.74, 6) is -1.28. The van der Waals surface area contributed by atoms with E-state index >= 15 is 0 Å². The lowest BCUT2D eigenvalue weighted by Crippen LogP contribution is -2.44. The Hall–Kier alpha value is -2.63. The number of ether oxygens (including phenoxy) is 1. The number of rotatable bonds is 2. The monoisotopic (exact) mass is 362 g/mol. The fraction of sp³-hybridized carbons (Fsp3) is 0.350. The third-order valence-electron chi connectivity index (χ3n) is 4.21. The van der Waals surface area contributed by atoms with Gasteiger partial charge in [-0.1, -0.05) is 26.0 Å². The zero-order valence-electron chi connectivity index (χ0n) is 15.7. The summed E-state index contributed by atoms with van der Waals surface area (Å²) in [4.78, 5) is 14.0. The first-order valence-electron chi connectivity index (χ1n) is 8.61. The molecular formula is C20H24F2N2O2. The highest BCUT2D eigenvalue weighted by atomic mass is 19.1. The van der Waals surface area contributed by atoms with Crippen molar-refractivity contribution in [3.63, 3.8) is 0 Å². The highest BCUT2D eigenvalue weighted by molar-refractivity contribution is 6.00. The molecule has 4 nitrogen and oxygen atoms in total. The quantitative estimate of drug-likeness (QED) is 0.800. The van der Waals surface area contributed by atoms with E-state index in [1.165, 1.54) is 11.0 Å². The molecule has 0 radical (unpaired) electrons. The van der Waals surface area contributed by atoms with E-state index in [0.29, 0.717) is 16.8 Å². The number of halogens is 2. The second kappa shape index (κ2) is 7.72. The van der Waals surface area contributed by atoms with Gasteiger partial charge in [0.2, 0.25) is 0 Å². The van der Waals surface area contributed by atoms with Crippen LogP contribution in [0.4, 0.5) is 20.2 Å². The van der Waals surface area contributed by atoms with Crippen LogP contribution in [0.25, 0.3) is 0 Å². The van der Waals surface area contributed by atoms with E-state index in [2.05, 4.69) is 0 Å². The van der Waals surface area contributed by atoms with Crippen molar-refractivity contribution in [3.8, 4) is 5.75 Å². The molecule has 26 heavy (non-hydrogen) atoms. The van der Waals surface area contributed by atoms with Gasteiger partial charge in [-0.3, -0.25) is 4.79 Å². The van der Waals surface area contributed by atoms with Gasteiger partial charge >= 0.3 is 0 Å². The predicted molar refractivity (Wildman–Crippen MR) is 99.3 cm³/mol. The standard InChI is InChI=1S/C18H18F2N2O2.C2H6/c1-9-6-12(4-5-13(9)19)8-22-14-7-10(2)16(21)15(20)17(14)24-11(3)18(22)23;1-2/h4-7,11H,8,21H2,1-3H3;1-2H3. The van der Waals surface area contributed by atoms with E-state index in [4.69, 9.17) is 10.5 Å². The Morgan fingerprint density at radius 2 is 1.81 bits per heavy atom. The molecule has 1 unspecified atom stereocenters. The number of aryl methyl sites for hydroxylation is 2. The van der Waals surface area contributed by atoms with E-state index in [9.17, 15) is 13.6 Å². The molecule has 0 saturated heterocycles. The molecule has 140 valence electrons. The summed E-state index contributed by atoms with van der Waals surface area (Å²) in [6, 6.07) is 6.27. The molecule has 0 aromatic heterocycles. The number of hydrogen-bond acceptors (Lipinski definition) is 3. The van der Waals surface area contributed by atoms with E-state index in [-0.39, 0.29) is 29.7 Å². The van der Waals surface area contributed by atoms with Crippen molar-refractivity contribution < 1.29 is 18.3 Å². The molecule has 1 aliphatic rings. The van der Waals surface area contributed by atoms with Crippen LogP contribution < -0.4 is 15.4 Å². The smallest absolute Gasteiger partial charge is 0.268 e. The molecule has 0 bridgehead atoms. The van der Waals surface area contributed by atoms with Crippen molar-refractivity contribution in [3.05, 3.63) is 52.6 Å². The van der Waals surface area contributed by atoms with Crippen LogP contribution in [0.2, 0.25) is 0 Å². The number of nitrogens with two attached hydrogens (primary N) is 1. The second-order valence-corrected chi connectivity index (χ2v) is 6.04. The van der Waals surface area contributed by atoms with Crippen LogP contribution in [0.1, 0.15) is 37.5 Å². The summed E-state index contributed by atoms with van der Waals surface area (Å²) in [5, 5.41) is 0. The summed E-state index contributed by atoms with van der Waals surface area (Å²) in [6.45, 7) is 9.08. The van der Waals surface area contributed by atoms with Gasteiger partial charge in [-0.2, -0.15) is 0 Å². The maximum absolute atomic E-state index is 14.4. The zero-order valence-corrected chi connectivity index (χ0v) is 15.7. The summed E-state index contributed by atoms with van der Waals surface area (Å²) >= 11 is 0. The van der Waals surface area contributed by atoms with Gasteiger partial charge in [0.1, 0.15) is 5.82 Å². The number of benzene rings is 2. The first-order valence-corrected chi connectivity index (χ1v) is 8.61. The molecule has 1 amide bonds. The Labute approximate surface area is 152 Å². The normalized spacial score (nSPS) is 15.7. The Morgan fingerprint density at radius 1 is 1.15 bits per heavy atom. The molecular weight excluding hydrogens is 338 g/mol. The third-order valence-corrected chi connectivity index (χ3v) is 4.21. The van der Waals surface area contributed by atoms with Crippen LogP contribution in [0, 0.1) is 25.5 Å². The molecule has 0 spiro atoms. The summed E-state index contributed by atoms with van der Waals surface area (Å²) in [6.07, 6.45) is -0.823. The maximum atomic E-state index is 14.4. The van der Waals surface area contributed by atoms with Crippen molar-refractivity contribution in [2.45, 2.75) is 47.3 Å². The van der Waals surface area contributed by atoms with Gasteiger partial charge < -0.3 is 15.4 Å². The summed E-state index contributed by atoms with van der Waals surface area (Å²) in [7, 11) is 0. The lowest BCUT2D eigenvalue weighted by atomic mass is 10.1. The number of carbonyl (C=O) groups is 1. The van der Waals surface area contributed by atoms with Gasteiger partial charge in [-0.15, -0.1) is 0 Å². The molecule has 2 N–H and O–H groups in total. The molecule has 0 saturated carbocycles. The molecule has 1 heterocycles. The molecule has 0 aliphatic carbocycles. The first-order chi connectivity index (χ1) is 12.3. The van der Waals surface area contributed by atoms with E-state index < -0.39 is 11.9 Å². The molecule has 3 rings (SSSR count). The highest BCUT2D eigenvalue weighted by Crippen LogP contribution is 2.41. The lowest BCUT2D eigenvalue weighted by molar-refractivity contribution is -0.125. The fourth-order valence-corrected chi connectivity index (χ4v) is 2.79. The maximum Gasteiger partial charge on any atom is 0.268 e. The van der Waals surface area contributed by atoms with Crippen LogP contribution in [-0.2, 0) is 11.3 Å². The predicted octanol–water partition coefficient (Wildman–Crippen LogP) is 4.50. The minimum Gasteiger partial charge on any atom is -0.476 e. The minimum absolute atomic E-state index is 0.00729. The van der Waals surface area contributed by atoms with Gasteiger partial charge in [0, 0.05) is 0 Å². The number of carbonyl (C=O) groups excluding carboxylic acids is 1. The molecule has 2 aromatic rings. The summed E-state index contributed by atoms with van der Waals surface area (Å²) in [5.41, 5.74) is 7.83. The zero-order chi connectivity index (χ0) is 19.6. The molecule has 6 heteroatoms. The van der Waals surface area contributed by atoms with Crippen LogP contribution in [0.3, 0.4) is 0 Å². The fourth-order valence-electron chi connectivity index (χ4n) is 2.79. The number of hydrogen-bond donors (Lipinski definition) is 1.